The van der Waals surface area contributed by atoms with Crippen LogP contribution >= 0.6 is 15.9 Å². The summed E-state index contributed by atoms with van der Waals surface area (Å²) in [5.41, 5.74) is 4.42. The van der Waals surface area contributed by atoms with Crippen molar-refractivity contribution >= 4 is 44.5 Å². The molecule has 34 heavy (non-hydrogen) atoms. The normalized spacial score (nSPS) is 11.0. The second-order valence-corrected chi connectivity index (χ2v) is 8.39. The lowest BCUT2D eigenvalue weighted by Crippen LogP contribution is -2.20. The Hall–Kier alpha value is -4.04. The second-order valence-electron chi connectivity index (χ2n) is 7.47. The molecule has 0 spiro atoms. The molecule has 170 valence electrons. The summed E-state index contributed by atoms with van der Waals surface area (Å²) in [6.45, 7) is 0.372. The van der Waals surface area contributed by atoms with Gasteiger partial charge in [0.25, 0.3) is 5.69 Å². The Balaban J connectivity index is 1.53. The zero-order valence-electron chi connectivity index (χ0n) is 18.0. The van der Waals surface area contributed by atoms with Crippen molar-refractivity contribution in [1.82, 2.24) is 5.43 Å². The number of hydrazone groups is 1. The largest absolute Gasteiger partial charge is 0.488 e. The summed E-state index contributed by atoms with van der Waals surface area (Å²) in [5.74, 6) is 0.168. The SMILES string of the molecule is O=C(Cc1ccccc1[N+](=O)[O-])N/N=C/c1c(OCc2ccc(Br)cc2)ccc2ccccc12. The van der Waals surface area contributed by atoms with E-state index in [0.717, 1.165) is 26.4 Å². The minimum atomic E-state index is -0.503. The van der Waals surface area contributed by atoms with Crippen molar-refractivity contribution in [3.63, 3.8) is 0 Å². The van der Waals surface area contributed by atoms with Crippen LogP contribution in [0.5, 0.6) is 5.75 Å². The van der Waals surface area contributed by atoms with Gasteiger partial charge in [-0.1, -0.05) is 76.6 Å². The number of nitrogens with zero attached hydrogens (tertiary/aromatic N) is 2. The van der Waals surface area contributed by atoms with Crippen LogP contribution in [0.15, 0.2) is 94.5 Å². The molecule has 0 bridgehead atoms. The van der Waals surface area contributed by atoms with Crippen LogP contribution in [0.2, 0.25) is 0 Å². The molecule has 4 aromatic rings. The van der Waals surface area contributed by atoms with Crippen LogP contribution in [0.3, 0.4) is 0 Å². The summed E-state index contributed by atoms with van der Waals surface area (Å²) in [6, 6.07) is 25.7. The van der Waals surface area contributed by atoms with Gasteiger partial charge in [-0.3, -0.25) is 14.9 Å². The molecule has 0 unspecified atom stereocenters. The standard InChI is InChI=1S/C26H20BrN3O4/c27-21-12-9-18(10-13-21)17-34-25-14-11-19-5-1-3-7-22(19)23(25)16-28-29-26(31)15-20-6-2-4-8-24(20)30(32)33/h1-14,16H,15,17H2,(H,29,31)/b28-16+. The molecular formula is C26H20BrN3O4. The zero-order chi connectivity index (χ0) is 23.9. The Morgan fingerprint density at radius 1 is 1.00 bits per heavy atom. The highest BCUT2D eigenvalue weighted by atomic mass is 79.9. The number of nitrogens with one attached hydrogen (secondary N) is 1. The fourth-order valence-electron chi connectivity index (χ4n) is 3.50. The molecule has 0 heterocycles. The predicted molar refractivity (Wildman–Crippen MR) is 135 cm³/mol. The van der Waals surface area contributed by atoms with E-state index >= 15 is 0 Å². The molecule has 0 atom stereocenters. The Morgan fingerprint density at radius 2 is 1.74 bits per heavy atom. The average Bonchev–Trinajstić information content (AvgIpc) is 2.84. The zero-order valence-corrected chi connectivity index (χ0v) is 19.6. The molecule has 0 aliphatic heterocycles. The highest BCUT2D eigenvalue weighted by Gasteiger charge is 2.15. The highest BCUT2D eigenvalue weighted by Crippen LogP contribution is 2.27. The van der Waals surface area contributed by atoms with Gasteiger partial charge in [-0.25, -0.2) is 5.43 Å². The van der Waals surface area contributed by atoms with Crippen LogP contribution in [0.25, 0.3) is 10.8 Å². The van der Waals surface area contributed by atoms with Gasteiger partial charge in [-0.15, -0.1) is 0 Å². The van der Waals surface area contributed by atoms with Crippen molar-refractivity contribution in [1.29, 1.82) is 0 Å². The number of para-hydroxylation sites is 1. The maximum absolute atomic E-state index is 12.4. The fraction of sp³-hybridized carbons (Fsp3) is 0.0769. The third-order valence-corrected chi connectivity index (χ3v) is 5.69. The molecule has 0 aromatic heterocycles. The van der Waals surface area contributed by atoms with E-state index in [-0.39, 0.29) is 12.1 Å². The van der Waals surface area contributed by atoms with Crippen LogP contribution in [-0.2, 0) is 17.8 Å². The van der Waals surface area contributed by atoms with Gasteiger partial charge in [0.05, 0.1) is 17.6 Å². The first-order chi connectivity index (χ1) is 16.5. The first-order valence-electron chi connectivity index (χ1n) is 10.4. The summed E-state index contributed by atoms with van der Waals surface area (Å²) in [5, 5.41) is 17.2. The lowest BCUT2D eigenvalue weighted by atomic mass is 10.0. The minimum absolute atomic E-state index is 0.0979. The van der Waals surface area contributed by atoms with E-state index in [2.05, 4.69) is 26.5 Å². The quantitative estimate of drug-likeness (QED) is 0.182. The third-order valence-electron chi connectivity index (χ3n) is 5.16. The fourth-order valence-corrected chi connectivity index (χ4v) is 3.76. The lowest BCUT2D eigenvalue weighted by molar-refractivity contribution is -0.385. The number of rotatable bonds is 8. The van der Waals surface area contributed by atoms with E-state index in [1.54, 1.807) is 18.2 Å². The summed E-state index contributed by atoms with van der Waals surface area (Å²) in [7, 11) is 0. The molecular weight excluding hydrogens is 498 g/mol. The molecule has 4 aromatic carbocycles. The predicted octanol–water partition coefficient (Wildman–Crippen LogP) is 5.78. The lowest BCUT2D eigenvalue weighted by Gasteiger charge is -2.12. The van der Waals surface area contributed by atoms with E-state index < -0.39 is 10.8 Å². The number of amides is 1. The minimum Gasteiger partial charge on any atom is -0.488 e. The van der Waals surface area contributed by atoms with E-state index in [1.165, 1.54) is 12.3 Å². The topological polar surface area (TPSA) is 93.8 Å². The molecule has 0 aliphatic carbocycles. The molecule has 8 heteroatoms. The summed E-state index contributed by atoms with van der Waals surface area (Å²) in [6.07, 6.45) is 1.38. The number of halogens is 1. The molecule has 0 saturated heterocycles. The van der Waals surface area contributed by atoms with Gasteiger partial charge in [0.15, 0.2) is 0 Å². The molecule has 0 radical (unpaired) electrons. The van der Waals surface area contributed by atoms with Crippen LogP contribution in [0, 0.1) is 10.1 Å². The Labute approximate surface area is 204 Å². The number of ether oxygens (including phenoxy) is 1. The highest BCUT2D eigenvalue weighted by molar-refractivity contribution is 9.10. The van der Waals surface area contributed by atoms with Gasteiger partial charge in [0.1, 0.15) is 12.4 Å². The number of hydrogen-bond donors (Lipinski definition) is 1. The van der Waals surface area contributed by atoms with Gasteiger partial charge in [0, 0.05) is 21.7 Å². The number of hydrogen-bond acceptors (Lipinski definition) is 5. The molecule has 4 rings (SSSR count). The first kappa shape index (κ1) is 23.1. The maximum Gasteiger partial charge on any atom is 0.273 e. The smallest absolute Gasteiger partial charge is 0.273 e. The monoisotopic (exact) mass is 517 g/mol. The van der Waals surface area contributed by atoms with Crippen LogP contribution in [0.4, 0.5) is 5.69 Å². The summed E-state index contributed by atoms with van der Waals surface area (Å²) in [4.78, 5) is 23.1. The van der Waals surface area contributed by atoms with E-state index in [4.69, 9.17) is 4.74 Å². The number of carbonyl (C=O) groups is 1. The van der Waals surface area contributed by atoms with Gasteiger partial charge in [-0.05, 0) is 34.5 Å². The van der Waals surface area contributed by atoms with E-state index in [0.29, 0.717) is 17.9 Å². The van der Waals surface area contributed by atoms with Crippen LogP contribution in [-0.4, -0.2) is 17.0 Å². The Kier molecular flexibility index (Phi) is 7.29. The Morgan fingerprint density at radius 3 is 2.53 bits per heavy atom. The maximum atomic E-state index is 12.4. The molecule has 0 fully saturated rings. The number of carbonyl (C=O) groups excluding carboxylic acids is 1. The van der Waals surface area contributed by atoms with Crippen molar-refractivity contribution in [2.75, 3.05) is 0 Å². The Bertz CT molecular complexity index is 1370. The molecule has 1 N–H and O–H groups in total. The molecule has 0 aliphatic rings. The van der Waals surface area contributed by atoms with Crippen molar-refractivity contribution in [3.8, 4) is 5.75 Å². The van der Waals surface area contributed by atoms with Crippen molar-refractivity contribution in [2.45, 2.75) is 13.0 Å². The molecule has 1 amide bonds. The van der Waals surface area contributed by atoms with Crippen molar-refractivity contribution in [2.24, 2.45) is 5.10 Å². The van der Waals surface area contributed by atoms with Crippen LogP contribution in [0.1, 0.15) is 16.7 Å². The van der Waals surface area contributed by atoms with Gasteiger partial charge in [0.2, 0.25) is 5.91 Å². The third kappa shape index (κ3) is 5.65. The number of nitro benzene ring substituents is 1. The van der Waals surface area contributed by atoms with Gasteiger partial charge in [-0.2, -0.15) is 5.10 Å². The number of fused-ring (bicyclic) bond motifs is 1. The molecule has 0 saturated carbocycles. The van der Waals surface area contributed by atoms with Gasteiger partial charge < -0.3 is 4.74 Å². The van der Waals surface area contributed by atoms with E-state index in [1.807, 2.05) is 60.7 Å². The average molecular weight is 518 g/mol. The number of benzene rings is 4. The van der Waals surface area contributed by atoms with Crippen molar-refractivity contribution in [3.05, 3.63) is 116 Å². The van der Waals surface area contributed by atoms with E-state index in [9.17, 15) is 14.9 Å². The first-order valence-corrected chi connectivity index (χ1v) is 11.2. The summed E-state index contributed by atoms with van der Waals surface area (Å²) >= 11 is 3.43. The second kappa shape index (κ2) is 10.7. The van der Waals surface area contributed by atoms with Crippen LogP contribution < -0.4 is 10.2 Å². The number of nitro groups is 1. The molecule has 7 nitrogen and oxygen atoms in total. The van der Waals surface area contributed by atoms with Gasteiger partial charge >= 0.3 is 0 Å². The summed E-state index contributed by atoms with van der Waals surface area (Å²) < 4.78 is 7.06. The van der Waals surface area contributed by atoms with Crippen molar-refractivity contribution < 1.29 is 14.5 Å².